The Balaban J connectivity index is 1.94. The number of benzene rings is 2. The smallest absolute Gasteiger partial charge is 0.184 e. The highest BCUT2D eigenvalue weighted by atomic mass is 16.1. The summed E-state index contributed by atoms with van der Waals surface area (Å²) >= 11 is 0. The Morgan fingerprint density at radius 1 is 1.15 bits per heavy atom. The summed E-state index contributed by atoms with van der Waals surface area (Å²) in [5, 5.41) is 5.37. The second-order valence-corrected chi connectivity index (χ2v) is 5.10. The van der Waals surface area contributed by atoms with Crippen LogP contribution in [0.3, 0.4) is 0 Å². The highest BCUT2D eigenvalue weighted by molar-refractivity contribution is 5.98. The van der Waals surface area contributed by atoms with Crippen LogP contribution in [0, 0.1) is 13.8 Å². The van der Waals surface area contributed by atoms with Crippen molar-refractivity contribution in [2.75, 3.05) is 0 Å². The highest BCUT2D eigenvalue weighted by Gasteiger charge is 2.12. The predicted octanol–water partition coefficient (Wildman–Crippen LogP) is 3.54. The zero-order chi connectivity index (χ0) is 14.1. The topological polar surface area (TPSA) is 34.9 Å². The largest absolute Gasteiger partial charge is 0.292 e. The first kappa shape index (κ1) is 12.6. The van der Waals surface area contributed by atoms with Crippen molar-refractivity contribution in [2.24, 2.45) is 0 Å². The molecule has 0 saturated carbocycles. The second kappa shape index (κ2) is 4.93. The van der Waals surface area contributed by atoms with Crippen LogP contribution >= 0.6 is 0 Å². The Bertz CT molecular complexity index is 787. The molecule has 20 heavy (non-hydrogen) atoms. The molecule has 0 atom stereocenters. The van der Waals surface area contributed by atoms with E-state index in [9.17, 15) is 4.79 Å². The van der Waals surface area contributed by atoms with E-state index in [2.05, 4.69) is 5.10 Å². The Morgan fingerprint density at radius 2 is 1.95 bits per heavy atom. The Hall–Kier alpha value is -2.42. The number of aromatic nitrogens is 2. The van der Waals surface area contributed by atoms with Crippen molar-refractivity contribution in [1.29, 1.82) is 0 Å². The summed E-state index contributed by atoms with van der Waals surface area (Å²) in [6.07, 6.45) is 1.80. The van der Waals surface area contributed by atoms with E-state index in [0.717, 1.165) is 27.6 Å². The molecule has 0 fully saturated rings. The first-order valence-corrected chi connectivity index (χ1v) is 6.66. The first-order valence-electron chi connectivity index (χ1n) is 6.66. The van der Waals surface area contributed by atoms with Gasteiger partial charge in [0.05, 0.1) is 11.7 Å². The zero-order valence-electron chi connectivity index (χ0n) is 11.6. The lowest BCUT2D eigenvalue weighted by Gasteiger charge is -2.07. The molecule has 0 N–H and O–H groups in total. The van der Waals surface area contributed by atoms with E-state index in [1.54, 1.807) is 10.9 Å². The van der Waals surface area contributed by atoms with E-state index in [1.165, 1.54) is 0 Å². The Labute approximate surface area is 117 Å². The van der Waals surface area contributed by atoms with Gasteiger partial charge in [-0.2, -0.15) is 5.10 Å². The third-order valence-corrected chi connectivity index (χ3v) is 3.54. The standard InChI is InChI=1S/C17H16N2O/c1-12-7-8-13(2)15(9-12)17(20)11-19-16-6-4-3-5-14(16)10-18-19/h3-10H,11H2,1-2H3. The number of fused-ring (bicyclic) bond motifs is 1. The van der Waals surface area contributed by atoms with Gasteiger partial charge in [0.25, 0.3) is 0 Å². The van der Waals surface area contributed by atoms with E-state index >= 15 is 0 Å². The van der Waals surface area contributed by atoms with E-state index in [4.69, 9.17) is 0 Å². The number of para-hydroxylation sites is 1. The van der Waals surface area contributed by atoms with Crippen molar-refractivity contribution in [3.05, 3.63) is 65.4 Å². The molecule has 2 aromatic carbocycles. The van der Waals surface area contributed by atoms with Crippen LogP contribution in [-0.4, -0.2) is 15.6 Å². The fourth-order valence-electron chi connectivity index (χ4n) is 2.41. The van der Waals surface area contributed by atoms with Gasteiger partial charge in [0.2, 0.25) is 0 Å². The van der Waals surface area contributed by atoms with Gasteiger partial charge in [0.15, 0.2) is 5.78 Å². The second-order valence-electron chi connectivity index (χ2n) is 5.10. The monoisotopic (exact) mass is 264 g/mol. The van der Waals surface area contributed by atoms with Crippen molar-refractivity contribution in [2.45, 2.75) is 20.4 Å². The molecule has 0 aliphatic rings. The van der Waals surface area contributed by atoms with E-state index in [1.807, 2.05) is 56.3 Å². The Morgan fingerprint density at radius 3 is 2.80 bits per heavy atom. The van der Waals surface area contributed by atoms with Gasteiger partial charge in [-0.3, -0.25) is 9.48 Å². The molecule has 0 saturated heterocycles. The van der Waals surface area contributed by atoms with Crippen LogP contribution in [0.2, 0.25) is 0 Å². The summed E-state index contributed by atoms with van der Waals surface area (Å²) in [4.78, 5) is 12.5. The van der Waals surface area contributed by atoms with Crippen molar-refractivity contribution < 1.29 is 4.79 Å². The maximum absolute atomic E-state index is 12.5. The molecule has 3 heteroatoms. The number of aryl methyl sites for hydroxylation is 2. The van der Waals surface area contributed by atoms with Crippen molar-refractivity contribution >= 4 is 16.7 Å². The third-order valence-electron chi connectivity index (χ3n) is 3.54. The minimum absolute atomic E-state index is 0.0973. The summed E-state index contributed by atoms with van der Waals surface area (Å²) in [5.74, 6) is 0.0973. The lowest BCUT2D eigenvalue weighted by molar-refractivity contribution is 0.0968. The molecule has 0 radical (unpaired) electrons. The molecule has 0 spiro atoms. The highest BCUT2D eigenvalue weighted by Crippen LogP contribution is 2.16. The van der Waals surface area contributed by atoms with Crippen LogP contribution in [0.1, 0.15) is 21.5 Å². The van der Waals surface area contributed by atoms with Crippen LogP contribution < -0.4 is 0 Å². The van der Waals surface area contributed by atoms with Crippen LogP contribution in [-0.2, 0) is 6.54 Å². The fourth-order valence-corrected chi connectivity index (χ4v) is 2.41. The predicted molar refractivity (Wildman–Crippen MR) is 80.0 cm³/mol. The number of hydrogen-bond donors (Lipinski definition) is 0. The SMILES string of the molecule is Cc1ccc(C)c(C(=O)Cn2ncc3ccccc32)c1. The third kappa shape index (κ3) is 2.23. The molecule has 1 aromatic heterocycles. The molecule has 3 nitrogen and oxygen atoms in total. The van der Waals surface area contributed by atoms with Gasteiger partial charge < -0.3 is 0 Å². The number of Topliss-reactive ketones (excluding diaryl/α,β-unsaturated/α-hetero) is 1. The van der Waals surface area contributed by atoms with Gasteiger partial charge in [-0.15, -0.1) is 0 Å². The summed E-state index contributed by atoms with van der Waals surface area (Å²) in [6, 6.07) is 13.9. The molecule has 100 valence electrons. The average molecular weight is 264 g/mol. The molecule has 1 heterocycles. The maximum Gasteiger partial charge on any atom is 0.184 e. The van der Waals surface area contributed by atoms with Crippen molar-refractivity contribution in [3.8, 4) is 0 Å². The molecule has 0 aliphatic heterocycles. The molecule has 0 bridgehead atoms. The number of hydrogen-bond acceptors (Lipinski definition) is 2. The van der Waals surface area contributed by atoms with E-state index < -0.39 is 0 Å². The summed E-state index contributed by atoms with van der Waals surface area (Å²) in [5.41, 5.74) is 3.89. The normalized spacial score (nSPS) is 10.9. The molecular weight excluding hydrogens is 248 g/mol. The van der Waals surface area contributed by atoms with E-state index in [-0.39, 0.29) is 12.3 Å². The summed E-state index contributed by atoms with van der Waals surface area (Å²) < 4.78 is 1.76. The molecule has 0 unspecified atom stereocenters. The number of rotatable bonds is 3. The number of carbonyl (C=O) groups is 1. The van der Waals surface area contributed by atoms with Crippen LogP contribution in [0.15, 0.2) is 48.7 Å². The van der Waals surface area contributed by atoms with Crippen LogP contribution in [0.5, 0.6) is 0 Å². The van der Waals surface area contributed by atoms with Gasteiger partial charge in [-0.25, -0.2) is 0 Å². The Kier molecular flexibility index (Phi) is 3.11. The first-order chi connectivity index (χ1) is 9.65. The van der Waals surface area contributed by atoms with Crippen LogP contribution in [0.25, 0.3) is 10.9 Å². The zero-order valence-corrected chi connectivity index (χ0v) is 11.6. The lowest BCUT2D eigenvalue weighted by Crippen LogP contribution is -2.12. The molecule has 0 amide bonds. The van der Waals surface area contributed by atoms with E-state index in [0.29, 0.717) is 0 Å². The van der Waals surface area contributed by atoms with Gasteiger partial charge in [0, 0.05) is 10.9 Å². The quantitative estimate of drug-likeness (QED) is 0.678. The van der Waals surface area contributed by atoms with Gasteiger partial charge in [0.1, 0.15) is 6.54 Å². The van der Waals surface area contributed by atoms with Gasteiger partial charge in [-0.05, 0) is 31.5 Å². The number of nitrogens with zero attached hydrogens (tertiary/aromatic N) is 2. The fraction of sp³-hybridized carbons (Fsp3) is 0.176. The molecule has 3 rings (SSSR count). The number of carbonyl (C=O) groups excluding carboxylic acids is 1. The summed E-state index contributed by atoms with van der Waals surface area (Å²) in [6.45, 7) is 4.24. The molecule has 3 aromatic rings. The minimum Gasteiger partial charge on any atom is -0.292 e. The lowest BCUT2D eigenvalue weighted by atomic mass is 10.0. The summed E-state index contributed by atoms with van der Waals surface area (Å²) in [7, 11) is 0. The molecule has 0 aliphatic carbocycles. The van der Waals surface area contributed by atoms with Gasteiger partial charge in [-0.1, -0.05) is 35.9 Å². The maximum atomic E-state index is 12.5. The van der Waals surface area contributed by atoms with Crippen molar-refractivity contribution in [3.63, 3.8) is 0 Å². The molecular formula is C17H16N2O. The minimum atomic E-state index is 0.0973. The average Bonchev–Trinajstić information content (AvgIpc) is 2.85. The van der Waals surface area contributed by atoms with Crippen molar-refractivity contribution in [1.82, 2.24) is 9.78 Å². The number of ketones is 1. The van der Waals surface area contributed by atoms with Gasteiger partial charge >= 0.3 is 0 Å². The van der Waals surface area contributed by atoms with Crippen LogP contribution in [0.4, 0.5) is 0 Å².